The van der Waals surface area contributed by atoms with Crippen molar-refractivity contribution in [1.29, 1.82) is 0 Å². The average Bonchev–Trinajstić information content (AvgIpc) is 3.00. The Balaban J connectivity index is 1.67. The Bertz CT molecular complexity index is 392. The van der Waals surface area contributed by atoms with Crippen molar-refractivity contribution in [2.75, 3.05) is 13.6 Å². The number of hydrogen-bond acceptors (Lipinski definition) is 2. The molecule has 0 spiro atoms. The van der Waals surface area contributed by atoms with E-state index in [1.54, 1.807) is 6.26 Å². The fraction of sp³-hybridized carbons (Fsp3) is 0.688. The lowest BCUT2D eigenvalue weighted by atomic mass is 9.84. The molecule has 0 aromatic carbocycles. The van der Waals surface area contributed by atoms with Crippen molar-refractivity contribution in [3.63, 3.8) is 0 Å². The summed E-state index contributed by atoms with van der Waals surface area (Å²) in [6.07, 6.45) is 9.14. The van der Waals surface area contributed by atoms with Gasteiger partial charge >= 0.3 is 0 Å². The standard InChI is InChI=1S/C16H27N3O/c1-3-13-6-8-14(9-7-13)19-16(17-2)18-11-10-15-5-4-12-20-15/h4-5,12-14H,3,6-11H2,1-2H3,(H2,17,18,19). The highest BCUT2D eigenvalue weighted by atomic mass is 16.3. The molecule has 112 valence electrons. The van der Waals surface area contributed by atoms with Crippen LogP contribution in [0.3, 0.4) is 0 Å². The van der Waals surface area contributed by atoms with Gasteiger partial charge in [-0.15, -0.1) is 0 Å². The molecule has 0 atom stereocenters. The Morgan fingerprint density at radius 2 is 2.15 bits per heavy atom. The molecule has 0 saturated heterocycles. The van der Waals surface area contributed by atoms with Crippen LogP contribution in [0.1, 0.15) is 44.8 Å². The van der Waals surface area contributed by atoms with Crippen molar-refractivity contribution < 1.29 is 4.42 Å². The Labute approximate surface area is 122 Å². The molecule has 2 N–H and O–H groups in total. The van der Waals surface area contributed by atoms with Crippen LogP contribution in [-0.4, -0.2) is 25.6 Å². The van der Waals surface area contributed by atoms with Gasteiger partial charge in [0.05, 0.1) is 6.26 Å². The monoisotopic (exact) mass is 277 g/mol. The maximum Gasteiger partial charge on any atom is 0.191 e. The zero-order chi connectivity index (χ0) is 14.2. The number of nitrogens with zero attached hydrogens (tertiary/aromatic N) is 1. The fourth-order valence-corrected chi connectivity index (χ4v) is 2.86. The molecule has 1 aliphatic carbocycles. The summed E-state index contributed by atoms with van der Waals surface area (Å²) in [5.41, 5.74) is 0. The van der Waals surface area contributed by atoms with Gasteiger partial charge in [-0.25, -0.2) is 0 Å². The van der Waals surface area contributed by atoms with Crippen LogP contribution in [0, 0.1) is 5.92 Å². The predicted molar refractivity (Wildman–Crippen MR) is 82.9 cm³/mol. The Morgan fingerprint density at radius 1 is 1.35 bits per heavy atom. The third-order valence-corrected chi connectivity index (χ3v) is 4.23. The Hall–Kier alpha value is -1.45. The second-order valence-corrected chi connectivity index (χ2v) is 5.60. The van der Waals surface area contributed by atoms with E-state index in [0.29, 0.717) is 6.04 Å². The van der Waals surface area contributed by atoms with E-state index in [2.05, 4.69) is 22.5 Å². The minimum Gasteiger partial charge on any atom is -0.469 e. The molecule has 1 fully saturated rings. The van der Waals surface area contributed by atoms with Gasteiger partial charge in [0, 0.05) is 26.1 Å². The highest BCUT2D eigenvalue weighted by Crippen LogP contribution is 2.26. The van der Waals surface area contributed by atoms with Gasteiger partial charge in [-0.2, -0.15) is 0 Å². The summed E-state index contributed by atoms with van der Waals surface area (Å²) in [6.45, 7) is 3.14. The van der Waals surface area contributed by atoms with Gasteiger partial charge in [0.1, 0.15) is 5.76 Å². The van der Waals surface area contributed by atoms with Gasteiger partial charge in [0.25, 0.3) is 0 Å². The van der Waals surface area contributed by atoms with E-state index in [9.17, 15) is 0 Å². The van der Waals surface area contributed by atoms with Crippen molar-refractivity contribution in [1.82, 2.24) is 10.6 Å². The Kier molecular flexibility index (Phi) is 5.96. The molecule has 2 rings (SSSR count). The topological polar surface area (TPSA) is 49.6 Å². The van der Waals surface area contributed by atoms with E-state index in [4.69, 9.17) is 4.42 Å². The second-order valence-electron chi connectivity index (χ2n) is 5.60. The molecule has 1 aromatic heterocycles. The van der Waals surface area contributed by atoms with Crippen LogP contribution >= 0.6 is 0 Å². The zero-order valence-corrected chi connectivity index (χ0v) is 12.7. The predicted octanol–water partition coefficient (Wildman–Crippen LogP) is 2.96. The first-order chi connectivity index (χ1) is 9.81. The van der Waals surface area contributed by atoms with E-state index in [1.807, 2.05) is 19.2 Å². The molecule has 20 heavy (non-hydrogen) atoms. The van der Waals surface area contributed by atoms with Crippen molar-refractivity contribution >= 4 is 5.96 Å². The van der Waals surface area contributed by atoms with Crippen molar-refractivity contribution in [2.45, 2.75) is 51.5 Å². The summed E-state index contributed by atoms with van der Waals surface area (Å²) in [5, 5.41) is 6.90. The van der Waals surface area contributed by atoms with Crippen molar-refractivity contribution in [3.05, 3.63) is 24.2 Å². The van der Waals surface area contributed by atoms with Crippen LogP contribution in [0.25, 0.3) is 0 Å². The van der Waals surface area contributed by atoms with Gasteiger partial charge < -0.3 is 15.1 Å². The Morgan fingerprint density at radius 3 is 2.75 bits per heavy atom. The van der Waals surface area contributed by atoms with E-state index in [0.717, 1.165) is 30.6 Å². The summed E-state index contributed by atoms with van der Waals surface area (Å²) in [7, 11) is 1.83. The molecule has 1 heterocycles. The molecule has 0 unspecified atom stereocenters. The first-order valence-corrected chi connectivity index (χ1v) is 7.81. The normalized spacial score (nSPS) is 23.6. The maximum atomic E-state index is 5.32. The van der Waals surface area contributed by atoms with Crippen LogP contribution in [-0.2, 0) is 6.42 Å². The van der Waals surface area contributed by atoms with E-state index in [-0.39, 0.29) is 0 Å². The minimum absolute atomic E-state index is 0.576. The fourth-order valence-electron chi connectivity index (χ4n) is 2.86. The third-order valence-electron chi connectivity index (χ3n) is 4.23. The zero-order valence-electron chi connectivity index (χ0n) is 12.7. The quantitative estimate of drug-likeness (QED) is 0.642. The molecule has 1 aliphatic rings. The number of guanidine groups is 1. The van der Waals surface area contributed by atoms with Gasteiger partial charge in [0.15, 0.2) is 5.96 Å². The van der Waals surface area contributed by atoms with Gasteiger partial charge in [-0.3, -0.25) is 4.99 Å². The molecule has 0 bridgehead atoms. The lowest BCUT2D eigenvalue weighted by molar-refractivity contribution is 0.304. The van der Waals surface area contributed by atoms with Gasteiger partial charge in [-0.05, 0) is 43.7 Å². The number of nitrogens with one attached hydrogen (secondary N) is 2. The number of aliphatic imine (C=N–C) groups is 1. The van der Waals surface area contributed by atoms with E-state index < -0.39 is 0 Å². The van der Waals surface area contributed by atoms with E-state index >= 15 is 0 Å². The first kappa shape index (κ1) is 14.9. The number of furan rings is 1. The van der Waals surface area contributed by atoms with E-state index in [1.165, 1.54) is 32.1 Å². The molecule has 4 nitrogen and oxygen atoms in total. The molecule has 1 saturated carbocycles. The maximum absolute atomic E-state index is 5.32. The van der Waals surface area contributed by atoms with Crippen molar-refractivity contribution in [3.8, 4) is 0 Å². The minimum atomic E-state index is 0.576. The summed E-state index contributed by atoms with van der Waals surface area (Å²) in [6, 6.07) is 4.51. The molecule has 4 heteroatoms. The lowest BCUT2D eigenvalue weighted by Crippen LogP contribution is -2.45. The SMILES string of the molecule is CCC1CCC(NC(=NC)NCCc2ccco2)CC1. The van der Waals surface area contributed by atoms with Crippen LogP contribution in [0.4, 0.5) is 0 Å². The lowest BCUT2D eigenvalue weighted by Gasteiger charge is -2.29. The number of hydrogen-bond donors (Lipinski definition) is 2. The summed E-state index contributed by atoms with van der Waals surface area (Å²) in [5.74, 6) is 2.86. The van der Waals surface area contributed by atoms with Crippen molar-refractivity contribution in [2.24, 2.45) is 10.9 Å². The largest absolute Gasteiger partial charge is 0.469 e. The second kappa shape index (κ2) is 7.98. The first-order valence-electron chi connectivity index (χ1n) is 7.81. The highest BCUT2D eigenvalue weighted by Gasteiger charge is 2.20. The molecule has 1 aromatic rings. The molecule has 0 amide bonds. The average molecular weight is 277 g/mol. The molecular weight excluding hydrogens is 250 g/mol. The smallest absolute Gasteiger partial charge is 0.191 e. The van der Waals surface area contributed by atoms with Crippen LogP contribution in [0.5, 0.6) is 0 Å². The third kappa shape index (κ3) is 4.58. The van der Waals surface area contributed by atoms with Crippen LogP contribution in [0.15, 0.2) is 27.8 Å². The molecule has 0 radical (unpaired) electrons. The van der Waals surface area contributed by atoms with Crippen LogP contribution < -0.4 is 10.6 Å². The van der Waals surface area contributed by atoms with Crippen LogP contribution in [0.2, 0.25) is 0 Å². The summed E-state index contributed by atoms with van der Waals surface area (Å²) < 4.78 is 5.32. The molecule has 0 aliphatic heterocycles. The summed E-state index contributed by atoms with van der Waals surface area (Å²) in [4.78, 5) is 4.30. The molecular formula is C16H27N3O. The highest BCUT2D eigenvalue weighted by molar-refractivity contribution is 5.79. The summed E-state index contributed by atoms with van der Waals surface area (Å²) >= 11 is 0. The van der Waals surface area contributed by atoms with Gasteiger partial charge in [-0.1, -0.05) is 13.3 Å². The number of rotatable bonds is 5. The van der Waals surface area contributed by atoms with Gasteiger partial charge in [0.2, 0.25) is 0 Å².